The first-order chi connectivity index (χ1) is 9.13. The topological polar surface area (TPSA) is 38.2 Å². The Labute approximate surface area is 111 Å². The van der Waals surface area contributed by atoms with E-state index in [4.69, 9.17) is 4.74 Å². The number of nitrogens with zero attached hydrogens (tertiary/aromatic N) is 3. The summed E-state index contributed by atoms with van der Waals surface area (Å²) in [6, 6.07) is 3.21. The Morgan fingerprint density at radius 1 is 1.11 bits per heavy atom. The predicted molar refractivity (Wildman–Crippen MR) is 71.7 cm³/mol. The van der Waals surface area contributed by atoms with Crippen molar-refractivity contribution in [3.8, 4) is 0 Å². The molecule has 0 amide bonds. The third kappa shape index (κ3) is 2.38. The van der Waals surface area contributed by atoms with Gasteiger partial charge in [0.1, 0.15) is 5.82 Å². The highest BCUT2D eigenvalue weighted by atomic mass is 19.1. The van der Waals surface area contributed by atoms with Crippen molar-refractivity contribution in [2.75, 3.05) is 18.0 Å². The number of ether oxygens (including phenoxy) is 1. The van der Waals surface area contributed by atoms with Crippen LogP contribution in [0.15, 0.2) is 24.5 Å². The Hall–Kier alpha value is -1.75. The van der Waals surface area contributed by atoms with Crippen LogP contribution in [0.25, 0.3) is 11.0 Å². The van der Waals surface area contributed by atoms with Gasteiger partial charge in [0.2, 0.25) is 0 Å². The lowest BCUT2D eigenvalue weighted by molar-refractivity contribution is -0.00538. The number of benzene rings is 1. The van der Waals surface area contributed by atoms with Crippen LogP contribution in [0.4, 0.5) is 10.1 Å². The predicted octanol–water partition coefficient (Wildman–Crippen LogP) is 2.38. The molecule has 5 heteroatoms. The van der Waals surface area contributed by atoms with Gasteiger partial charge < -0.3 is 9.64 Å². The lowest BCUT2D eigenvalue weighted by Crippen LogP contribution is -2.45. The molecule has 0 saturated carbocycles. The van der Waals surface area contributed by atoms with Gasteiger partial charge in [-0.15, -0.1) is 0 Å². The van der Waals surface area contributed by atoms with Gasteiger partial charge in [-0.3, -0.25) is 9.97 Å². The molecule has 0 spiro atoms. The molecule has 0 aliphatic carbocycles. The van der Waals surface area contributed by atoms with Crippen LogP contribution in [0.2, 0.25) is 0 Å². The molecule has 19 heavy (non-hydrogen) atoms. The first kappa shape index (κ1) is 12.3. The normalized spacial score (nSPS) is 23.8. The van der Waals surface area contributed by atoms with E-state index in [0.29, 0.717) is 29.8 Å². The molecule has 4 nitrogen and oxygen atoms in total. The molecule has 1 aliphatic rings. The van der Waals surface area contributed by atoms with Gasteiger partial charge in [-0.25, -0.2) is 4.39 Å². The minimum Gasteiger partial charge on any atom is -0.372 e. The summed E-state index contributed by atoms with van der Waals surface area (Å²) in [7, 11) is 0. The smallest absolute Gasteiger partial charge is 0.148 e. The lowest BCUT2D eigenvalue weighted by Gasteiger charge is -2.37. The van der Waals surface area contributed by atoms with Crippen LogP contribution >= 0.6 is 0 Å². The standard InChI is InChI=1S/C14H16FN3O/c1-9-7-18(8-10(2)19-9)14-6-13-12(5-11(14)15)16-3-4-17-13/h3-6,9-10H,7-8H2,1-2H3/t9-,10-/m0/s1. The highest BCUT2D eigenvalue weighted by Crippen LogP contribution is 2.26. The fourth-order valence-corrected chi connectivity index (χ4v) is 2.59. The van der Waals surface area contributed by atoms with Crippen molar-refractivity contribution >= 4 is 16.7 Å². The summed E-state index contributed by atoms with van der Waals surface area (Å²) in [5, 5.41) is 0. The Bertz CT molecular complexity index is 594. The number of anilines is 1. The van der Waals surface area contributed by atoms with Gasteiger partial charge in [-0.1, -0.05) is 0 Å². The highest BCUT2D eigenvalue weighted by Gasteiger charge is 2.24. The second kappa shape index (κ2) is 4.74. The van der Waals surface area contributed by atoms with Crippen molar-refractivity contribution in [2.24, 2.45) is 0 Å². The summed E-state index contributed by atoms with van der Waals surface area (Å²) >= 11 is 0. The molecule has 1 aromatic carbocycles. The van der Waals surface area contributed by atoms with Crippen LogP contribution in [-0.4, -0.2) is 35.3 Å². The molecule has 2 heterocycles. The summed E-state index contributed by atoms with van der Waals surface area (Å²) in [6.45, 7) is 5.38. The average molecular weight is 261 g/mol. The summed E-state index contributed by atoms with van der Waals surface area (Å²) in [5.41, 5.74) is 1.87. The molecular weight excluding hydrogens is 245 g/mol. The minimum atomic E-state index is -0.255. The Balaban J connectivity index is 2.01. The molecule has 0 N–H and O–H groups in total. The van der Waals surface area contributed by atoms with Crippen molar-refractivity contribution in [3.05, 3.63) is 30.3 Å². The Morgan fingerprint density at radius 3 is 2.32 bits per heavy atom. The first-order valence-electron chi connectivity index (χ1n) is 6.44. The molecule has 1 aliphatic heterocycles. The van der Waals surface area contributed by atoms with Gasteiger partial charge >= 0.3 is 0 Å². The summed E-state index contributed by atoms with van der Waals surface area (Å²) < 4.78 is 19.9. The first-order valence-corrected chi connectivity index (χ1v) is 6.44. The summed E-state index contributed by atoms with van der Waals surface area (Å²) in [6.07, 6.45) is 3.39. The van der Waals surface area contributed by atoms with Crippen LogP contribution in [0.1, 0.15) is 13.8 Å². The van der Waals surface area contributed by atoms with Gasteiger partial charge in [0.25, 0.3) is 0 Å². The SMILES string of the molecule is C[C@H]1CN(c2cc3nccnc3cc2F)C[C@H](C)O1. The number of fused-ring (bicyclic) bond motifs is 1. The van der Waals surface area contributed by atoms with E-state index in [-0.39, 0.29) is 18.0 Å². The summed E-state index contributed by atoms with van der Waals surface area (Å²) in [4.78, 5) is 10.4. The quantitative estimate of drug-likeness (QED) is 0.790. The Kier molecular flexibility index (Phi) is 3.06. The maximum Gasteiger partial charge on any atom is 0.148 e. The summed E-state index contributed by atoms with van der Waals surface area (Å²) in [5.74, 6) is -0.255. The van der Waals surface area contributed by atoms with Gasteiger partial charge in [0.05, 0.1) is 28.9 Å². The van der Waals surface area contributed by atoms with Crippen molar-refractivity contribution in [1.82, 2.24) is 9.97 Å². The number of halogens is 1. The van der Waals surface area contributed by atoms with E-state index < -0.39 is 0 Å². The molecule has 2 atom stereocenters. The number of aromatic nitrogens is 2. The molecule has 1 fully saturated rings. The molecule has 0 bridgehead atoms. The van der Waals surface area contributed by atoms with Crippen LogP contribution in [0.3, 0.4) is 0 Å². The number of morpholine rings is 1. The van der Waals surface area contributed by atoms with Crippen LogP contribution < -0.4 is 4.90 Å². The maximum absolute atomic E-state index is 14.2. The van der Waals surface area contributed by atoms with Gasteiger partial charge in [-0.05, 0) is 19.9 Å². The van der Waals surface area contributed by atoms with E-state index in [2.05, 4.69) is 9.97 Å². The number of hydrogen-bond acceptors (Lipinski definition) is 4. The van der Waals surface area contributed by atoms with E-state index in [9.17, 15) is 4.39 Å². The van der Waals surface area contributed by atoms with E-state index in [1.807, 2.05) is 18.7 Å². The van der Waals surface area contributed by atoms with Crippen molar-refractivity contribution < 1.29 is 9.13 Å². The van der Waals surface area contributed by atoms with Gasteiger partial charge in [0.15, 0.2) is 0 Å². The van der Waals surface area contributed by atoms with Crippen LogP contribution in [0, 0.1) is 5.82 Å². The van der Waals surface area contributed by atoms with E-state index in [1.54, 1.807) is 18.5 Å². The molecule has 2 aromatic rings. The second-order valence-electron chi connectivity index (χ2n) is 5.01. The van der Waals surface area contributed by atoms with Gasteiger partial charge in [0, 0.05) is 31.5 Å². The molecule has 3 rings (SSSR count). The highest BCUT2D eigenvalue weighted by molar-refractivity contribution is 5.79. The maximum atomic E-state index is 14.2. The zero-order chi connectivity index (χ0) is 13.4. The van der Waals surface area contributed by atoms with Crippen molar-refractivity contribution in [2.45, 2.75) is 26.1 Å². The average Bonchev–Trinajstić information content (AvgIpc) is 2.36. The third-order valence-electron chi connectivity index (χ3n) is 3.30. The number of hydrogen-bond donors (Lipinski definition) is 0. The minimum absolute atomic E-state index is 0.0979. The van der Waals surface area contributed by atoms with E-state index >= 15 is 0 Å². The molecule has 0 radical (unpaired) electrons. The largest absolute Gasteiger partial charge is 0.372 e. The second-order valence-corrected chi connectivity index (χ2v) is 5.01. The zero-order valence-electron chi connectivity index (χ0n) is 11.0. The van der Waals surface area contributed by atoms with Crippen LogP contribution in [-0.2, 0) is 4.74 Å². The van der Waals surface area contributed by atoms with Gasteiger partial charge in [-0.2, -0.15) is 0 Å². The molecule has 1 aromatic heterocycles. The monoisotopic (exact) mass is 261 g/mol. The van der Waals surface area contributed by atoms with E-state index in [1.165, 1.54) is 6.07 Å². The van der Waals surface area contributed by atoms with Crippen molar-refractivity contribution in [1.29, 1.82) is 0 Å². The lowest BCUT2D eigenvalue weighted by atomic mass is 10.1. The van der Waals surface area contributed by atoms with E-state index in [0.717, 1.165) is 0 Å². The molecule has 0 unspecified atom stereocenters. The molecular formula is C14H16FN3O. The zero-order valence-corrected chi connectivity index (χ0v) is 11.0. The molecule has 1 saturated heterocycles. The Morgan fingerprint density at radius 2 is 1.68 bits per heavy atom. The fraction of sp³-hybridized carbons (Fsp3) is 0.429. The van der Waals surface area contributed by atoms with Crippen LogP contribution in [0.5, 0.6) is 0 Å². The number of rotatable bonds is 1. The fourth-order valence-electron chi connectivity index (χ4n) is 2.59. The molecule has 100 valence electrons. The third-order valence-corrected chi connectivity index (χ3v) is 3.30. The van der Waals surface area contributed by atoms with Crippen molar-refractivity contribution in [3.63, 3.8) is 0 Å².